The molecule has 1 N–H and O–H groups in total. The third-order valence-corrected chi connectivity index (χ3v) is 4.16. The average molecular weight is 247 g/mol. The first-order valence-corrected chi connectivity index (χ1v) is 6.56. The second kappa shape index (κ2) is 5.11. The maximum absolute atomic E-state index is 11.5. The Morgan fingerprint density at radius 1 is 1.44 bits per heavy atom. The van der Waals surface area contributed by atoms with Crippen LogP contribution in [0.25, 0.3) is 0 Å². The van der Waals surface area contributed by atoms with E-state index in [-0.39, 0.29) is 5.92 Å². The van der Waals surface area contributed by atoms with Crippen molar-refractivity contribution in [3.8, 4) is 0 Å². The predicted octanol–water partition coefficient (Wildman–Crippen LogP) is 2.62. The first-order chi connectivity index (χ1) is 8.56. The van der Waals surface area contributed by atoms with Crippen molar-refractivity contribution in [1.82, 2.24) is 4.90 Å². The van der Waals surface area contributed by atoms with Gasteiger partial charge >= 0.3 is 5.97 Å². The number of hydrogen-bond donors (Lipinski definition) is 1. The molecular formula is C15H21NO2. The quantitative estimate of drug-likeness (QED) is 0.889. The highest BCUT2D eigenvalue weighted by Gasteiger charge is 2.47. The van der Waals surface area contributed by atoms with E-state index < -0.39 is 11.4 Å². The molecule has 3 nitrogen and oxygen atoms in total. The number of carbonyl (C=O) groups is 1. The van der Waals surface area contributed by atoms with E-state index in [0.717, 1.165) is 19.5 Å². The molecule has 98 valence electrons. The van der Waals surface area contributed by atoms with E-state index >= 15 is 0 Å². The number of carboxylic acids is 1. The van der Waals surface area contributed by atoms with E-state index in [1.165, 1.54) is 5.56 Å². The Bertz CT molecular complexity index is 418. The van der Waals surface area contributed by atoms with Gasteiger partial charge in [0.2, 0.25) is 0 Å². The normalized spacial score (nSPS) is 28.4. The van der Waals surface area contributed by atoms with Crippen LogP contribution in [0.4, 0.5) is 0 Å². The van der Waals surface area contributed by atoms with Gasteiger partial charge in [-0.25, -0.2) is 0 Å². The smallest absolute Gasteiger partial charge is 0.310 e. The van der Waals surface area contributed by atoms with E-state index in [1.54, 1.807) is 0 Å². The molecule has 2 atom stereocenters. The Hall–Kier alpha value is -1.35. The number of rotatable bonds is 4. The van der Waals surface area contributed by atoms with Crippen molar-refractivity contribution < 1.29 is 9.90 Å². The van der Waals surface area contributed by atoms with Crippen molar-refractivity contribution in [1.29, 1.82) is 0 Å². The maximum atomic E-state index is 11.5. The zero-order valence-corrected chi connectivity index (χ0v) is 11.1. The lowest BCUT2D eigenvalue weighted by molar-refractivity contribution is -0.149. The standard InChI is InChI=1S/C15H21NO2/c1-3-13-10-16(11-15(13,2)14(17)18)9-12-7-5-4-6-8-12/h4-8,13H,3,9-11H2,1-2H3,(H,17,18). The molecule has 0 aliphatic carbocycles. The van der Waals surface area contributed by atoms with Crippen LogP contribution < -0.4 is 0 Å². The van der Waals surface area contributed by atoms with E-state index in [2.05, 4.69) is 24.0 Å². The molecule has 1 aromatic rings. The molecule has 1 aliphatic heterocycles. The second-order valence-corrected chi connectivity index (χ2v) is 5.48. The number of carboxylic acid groups (broad SMARTS) is 1. The fraction of sp³-hybridized carbons (Fsp3) is 0.533. The average Bonchev–Trinajstić information content (AvgIpc) is 2.68. The van der Waals surface area contributed by atoms with Crippen LogP contribution in [-0.4, -0.2) is 29.1 Å². The summed E-state index contributed by atoms with van der Waals surface area (Å²) >= 11 is 0. The Labute approximate surface area is 108 Å². The van der Waals surface area contributed by atoms with Gasteiger partial charge < -0.3 is 5.11 Å². The fourth-order valence-corrected chi connectivity index (χ4v) is 2.96. The minimum absolute atomic E-state index is 0.249. The van der Waals surface area contributed by atoms with Crippen LogP contribution in [0.3, 0.4) is 0 Å². The molecule has 0 radical (unpaired) electrons. The molecular weight excluding hydrogens is 226 g/mol. The number of aliphatic carboxylic acids is 1. The maximum Gasteiger partial charge on any atom is 0.310 e. The third-order valence-electron chi connectivity index (χ3n) is 4.16. The molecule has 0 saturated carbocycles. The summed E-state index contributed by atoms with van der Waals surface area (Å²) in [5.41, 5.74) is 0.658. The summed E-state index contributed by atoms with van der Waals surface area (Å²) in [6.07, 6.45) is 0.925. The van der Waals surface area contributed by atoms with Gasteiger partial charge in [-0.1, -0.05) is 43.7 Å². The van der Waals surface area contributed by atoms with E-state index in [4.69, 9.17) is 0 Å². The Morgan fingerprint density at radius 3 is 2.61 bits per heavy atom. The van der Waals surface area contributed by atoms with E-state index in [0.29, 0.717) is 6.54 Å². The topological polar surface area (TPSA) is 40.5 Å². The second-order valence-electron chi connectivity index (χ2n) is 5.48. The minimum atomic E-state index is -0.662. The molecule has 0 amide bonds. The molecule has 2 rings (SSSR count). The van der Waals surface area contributed by atoms with Gasteiger partial charge in [-0.2, -0.15) is 0 Å². The lowest BCUT2D eigenvalue weighted by Gasteiger charge is -2.24. The monoisotopic (exact) mass is 247 g/mol. The first kappa shape index (κ1) is 13.1. The summed E-state index contributed by atoms with van der Waals surface area (Å²) in [5.74, 6) is -0.413. The van der Waals surface area contributed by atoms with Crippen molar-refractivity contribution in [2.75, 3.05) is 13.1 Å². The van der Waals surface area contributed by atoms with Gasteiger partial charge in [0.15, 0.2) is 0 Å². The zero-order valence-electron chi connectivity index (χ0n) is 11.1. The van der Waals surface area contributed by atoms with Crippen LogP contribution >= 0.6 is 0 Å². The summed E-state index contributed by atoms with van der Waals surface area (Å²) in [5, 5.41) is 9.43. The Kier molecular flexibility index (Phi) is 3.71. The molecule has 1 fully saturated rings. The summed E-state index contributed by atoms with van der Waals surface area (Å²) in [6, 6.07) is 10.2. The summed E-state index contributed by atoms with van der Waals surface area (Å²) in [6.45, 7) is 6.34. The predicted molar refractivity (Wildman–Crippen MR) is 71.2 cm³/mol. The molecule has 0 aromatic heterocycles. The number of likely N-dealkylation sites (tertiary alicyclic amines) is 1. The van der Waals surface area contributed by atoms with Crippen molar-refractivity contribution in [3.63, 3.8) is 0 Å². The molecule has 3 heteroatoms. The van der Waals surface area contributed by atoms with Gasteiger partial charge in [0.25, 0.3) is 0 Å². The van der Waals surface area contributed by atoms with Gasteiger partial charge in [-0.15, -0.1) is 0 Å². The summed E-state index contributed by atoms with van der Waals surface area (Å²) in [7, 11) is 0. The fourth-order valence-electron chi connectivity index (χ4n) is 2.96. The highest BCUT2D eigenvalue weighted by molar-refractivity contribution is 5.75. The van der Waals surface area contributed by atoms with Crippen LogP contribution in [0.2, 0.25) is 0 Å². The molecule has 2 unspecified atom stereocenters. The molecule has 18 heavy (non-hydrogen) atoms. The van der Waals surface area contributed by atoms with Gasteiger partial charge in [-0.3, -0.25) is 9.69 Å². The van der Waals surface area contributed by atoms with Crippen LogP contribution in [-0.2, 0) is 11.3 Å². The van der Waals surface area contributed by atoms with Gasteiger partial charge in [0, 0.05) is 19.6 Å². The van der Waals surface area contributed by atoms with Crippen molar-refractivity contribution in [2.45, 2.75) is 26.8 Å². The SMILES string of the molecule is CCC1CN(Cc2ccccc2)CC1(C)C(=O)O. The van der Waals surface area contributed by atoms with Crippen LogP contribution in [0.15, 0.2) is 30.3 Å². The highest BCUT2D eigenvalue weighted by atomic mass is 16.4. The minimum Gasteiger partial charge on any atom is -0.481 e. The summed E-state index contributed by atoms with van der Waals surface area (Å²) in [4.78, 5) is 13.7. The molecule has 0 spiro atoms. The molecule has 1 heterocycles. The Balaban J connectivity index is 2.08. The number of hydrogen-bond acceptors (Lipinski definition) is 2. The van der Waals surface area contributed by atoms with Gasteiger partial charge in [0.05, 0.1) is 5.41 Å². The number of nitrogens with zero attached hydrogens (tertiary/aromatic N) is 1. The largest absolute Gasteiger partial charge is 0.481 e. The van der Waals surface area contributed by atoms with E-state index in [1.807, 2.05) is 25.1 Å². The van der Waals surface area contributed by atoms with Crippen LogP contribution in [0.1, 0.15) is 25.8 Å². The van der Waals surface area contributed by atoms with Crippen molar-refractivity contribution >= 4 is 5.97 Å². The molecule has 0 bridgehead atoms. The van der Waals surface area contributed by atoms with Crippen LogP contribution in [0.5, 0.6) is 0 Å². The van der Waals surface area contributed by atoms with E-state index in [9.17, 15) is 9.90 Å². The van der Waals surface area contributed by atoms with Gasteiger partial charge in [0.1, 0.15) is 0 Å². The lowest BCUT2D eigenvalue weighted by Crippen LogP contribution is -2.35. The van der Waals surface area contributed by atoms with Crippen molar-refractivity contribution in [3.05, 3.63) is 35.9 Å². The number of benzene rings is 1. The lowest BCUT2D eigenvalue weighted by atomic mass is 9.79. The van der Waals surface area contributed by atoms with Crippen LogP contribution in [0, 0.1) is 11.3 Å². The Morgan fingerprint density at radius 2 is 2.11 bits per heavy atom. The first-order valence-electron chi connectivity index (χ1n) is 6.56. The third kappa shape index (κ3) is 2.41. The summed E-state index contributed by atoms with van der Waals surface area (Å²) < 4.78 is 0. The van der Waals surface area contributed by atoms with Gasteiger partial charge in [-0.05, 0) is 18.4 Å². The van der Waals surface area contributed by atoms with Crippen molar-refractivity contribution in [2.24, 2.45) is 11.3 Å². The molecule has 1 saturated heterocycles. The zero-order chi connectivity index (χ0) is 13.2. The highest BCUT2D eigenvalue weighted by Crippen LogP contribution is 2.38. The molecule has 1 aromatic carbocycles. The molecule has 1 aliphatic rings.